The maximum Gasteiger partial charge on any atom is 0.237 e. The van der Waals surface area contributed by atoms with Crippen molar-refractivity contribution in [2.75, 3.05) is 4.90 Å². The molecule has 2 bridgehead atoms. The number of rotatable bonds is 1. The summed E-state index contributed by atoms with van der Waals surface area (Å²) >= 11 is 0. The van der Waals surface area contributed by atoms with E-state index >= 15 is 0 Å². The molecule has 0 aromatic heterocycles. The minimum atomic E-state index is -0.0224. The third kappa shape index (κ3) is 1.33. The second kappa shape index (κ2) is 3.69. The number of benzene rings is 1. The van der Waals surface area contributed by atoms with Crippen LogP contribution in [0, 0.1) is 30.6 Å². The van der Waals surface area contributed by atoms with Gasteiger partial charge in [-0.2, -0.15) is 0 Å². The van der Waals surface area contributed by atoms with E-state index in [9.17, 15) is 9.59 Å². The lowest BCUT2D eigenvalue weighted by Gasteiger charge is -2.19. The predicted molar refractivity (Wildman–Crippen MR) is 71.5 cm³/mol. The molecule has 1 saturated heterocycles. The first-order valence-corrected chi connectivity index (χ1v) is 7.12. The van der Waals surface area contributed by atoms with E-state index < -0.39 is 0 Å². The number of hydrogen-bond acceptors (Lipinski definition) is 2. The van der Waals surface area contributed by atoms with E-state index in [1.165, 1.54) is 4.90 Å². The fourth-order valence-electron chi connectivity index (χ4n) is 4.46. The van der Waals surface area contributed by atoms with Crippen molar-refractivity contribution in [1.82, 2.24) is 0 Å². The molecule has 3 aliphatic rings. The first-order chi connectivity index (χ1) is 9.18. The quantitative estimate of drug-likeness (QED) is 0.723. The summed E-state index contributed by atoms with van der Waals surface area (Å²) in [6.07, 6.45) is 3.35. The van der Waals surface area contributed by atoms with E-state index in [0.717, 1.165) is 30.5 Å². The van der Waals surface area contributed by atoms with Gasteiger partial charge in [-0.05, 0) is 49.7 Å². The summed E-state index contributed by atoms with van der Waals surface area (Å²) in [4.78, 5) is 26.8. The van der Waals surface area contributed by atoms with Gasteiger partial charge in [0.05, 0.1) is 17.5 Å². The van der Waals surface area contributed by atoms with E-state index in [1.54, 1.807) is 0 Å². The topological polar surface area (TPSA) is 37.4 Å². The Hall–Kier alpha value is -1.64. The van der Waals surface area contributed by atoms with Gasteiger partial charge in [0, 0.05) is 0 Å². The van der Waals surface area contributed by atoms with Crippen LogP contribution in [0.25, 0.3) is 0 Å². The highest BCUT2D eigenvalue weighted by Crippen LogP contribution is 2.56. The van der Waals surface area contributed by atoms with Gasteiger partial charge < -0.3 is 0 Å². The van der Waals surface area contributed by atoms with Crippen LogP contribution in [0.1, 0.15) is 24.8 Å². The van der Waals surface area contributed by atoms with Gasteiger partial charge in [0.2, 0.25) is 11.8 Å². The molecule has 2 aliphatic carbocycles. The summed E-state index contributed by atoms with van der Waals surface area (Å²) in [7, 11) is 0. The first-order valence-electron chi connectivity index (χ1n) is 7.12. The second-order valence-corrected chi connectivity index (χ2v) is 6.18. The van der Waals surface area contributed by atoms with Crippen LogP contribution in [-0.4, -0.2) is 11.8 Å². The van der Waals surface area contributed by atoms with Crippen molar-refractivity contribution >= 4 is 17.5 Å². The number of fused-ring (bicyclic) bond motifs is 5. The van der Waals surface area contributed by atoms with Crippen LogP contribution in [0.2, 0.25) is 0 Å². The third-order valence-corrected chi connectivity index (χ3v) is 5.28. The molecule has 98 valence electrons. The van der Waals surface area contributed by atoms with Crippen molar-refractivity contribution in [3.63, 3.8) is 0 Å². The zero-order chi connectivity index (χ0) is 13.1. The molecule has 3 nitrogen and oxygen atoms in total. The van der Waals surface area contributed by atoms with Crippen molar-refractivity contribution in [2.45, 2.75) is 26.2 Å². The molecule has 2 saturated carbocycles. The molecule has 1 heterocycles. The molecule has 4 rings (SSSR count). The zero-order valence-electron chi connectivity index (χ0n) is 11.0. The normalized spacial score (nSPS) is 36.2. The average molecular weight is 255 g/mol. The van der Waals surface area contributed by atoms with Gasteiger partial charge in [-0.3, -0.25) is 9.59 Å². The highest BCUT2D eigenvalue weighted by atomic mass is 16.2. The standard InChI is InChI=1S/C16H17NO2/c1-9-4-2-3-5-12(9)17-15(18)13-10-6-7-11(8-10)14(13)16(17)19/h2-5,10-11,13-14H,6-8H2,1H3. The summed E-state index contributed by atoms with van der Waals surface area (Å²) in [5, 5.41) is 0. The Labute approximate surface area is 112 Å². The first kappa shape index (κ1) is 11.2. The lowest BCUT2D eigenvalue weighted by Crippen LogP contribution is -2.33. The van der Waals surface area contributed by atoms with Crippen LogP contribution in [0.4, 0.5) is 5.69 Å². The van der Waals surface area contributed by atoms with Gasteiger partial charge in [-0.1, -0.05) is 18.2 Å². The summed E-state index contributed by atoms with van der Waals surface area (Å²) < 4.78 is 0. The zero-order valence-corrected chi connectivity index (χ0v) is 11.0. The van der Waals surface area contributed by atoms with Crippen LogP contribution < -0.4 is 4.90 Å². The molecule has 4 unspecified atom stereocenters. The molecule has 0 N–H and O–H groups in total. The number of carbonyl (C=O) groups is 2. The Morgan fingerprint density at radius 3 is 2.16 bits per heavy atom. The number of amides is 2. The van der Waals surface area contributed by atoms with Crippen molar-refractivity contribution in [2.24, 2.45) is 23.7 Å². The molecule has 2 amide bonds. The second-order valence-electron chi connectivity index (χ2n) is 6.18. The molecule has 3 heteroatoms. The van der Waals surface area contributed by atoms with E-state index in [-0.39, 0.29) is 23.7 Å². The lowest BCUT2D eigenvalue weighted by atomic mass is 9.81. The molecular weight excluding hydrogens is 238 g/mol. The molecule has 1 aliphatic heterocycles. The van der Waals surface area contributed by atoms with Gasteiger partial charge in [0.15, 0.2) is 0 Å². The predicted octanol–water partition coefficient (Wildman–Crippen LogP) is 2.53. The van der Waals surface area contributed by atoms with Crippen LogP contribution in [0.3, 0.4) is 0 Å². The molecule has 0 radical (unpaired) electrons. The van der Waals surface area contributed by atoms with Crippen molar-refractivity contribution in [3.8, 4) is 0 Å². The van der Waals surface area contributed by atoms with Gasteiger partial charge in [-0.25, -0.2) is 4.90 Å². The number of anilines is 1. The minimum absolute atomic E-state index is 0.0224. The molecule has 3 fully saturated rings. The Morgan fingerprint density at radius 1 is 1.00 bits per heavy atom. The fourth-order valence-corrected chi connectivity index (χ4v) is 4.46. The maximum atomic E-state index is 12.6. The van der Waals surface area contributed by atoms with Gasteiger partial charge in [0.25, 0.3) is 0 Å². The average Bonchev–Trinajstić information content (AvgIpc) is 3.06. The smallest absolute Gasteiger partial charge is 0.237 e. The van der Waals surface area contributed by atoms with Crippen LogP contribution in [0.5, 0.6) is 0 Å². The fraction of sp³-hybridized carbons (Fsp3) is 0.500. The number of nitrogens with zero attached hydrogens (tertiary/aromatic N) is 1. The van der Waals surface area contributed by atoms with E-state index in [2.05, 4.69) is 0 Å². The Morgan fingerprint density at radius 2 is 1.58 bits per heavy atom. The van der Waals surface area contributed by atoms with Crippen LogP contribution in [-0.2, 0) is 9.59 Å². The molecule has 4 atom stereocenters. The van der Waals surface area contributed by atoms with Crippen molar-refractivity contribution < 1.29 is 9.59 Å². The van der Waals surface area contributed by atoms with Gasteiger partial charge in [0.1, 0.15) is 0 Å². The Bertz CT molecular complexity index is 552. The summed E-state index contributed by atoms with van der Waals surface area (Å²) in [6.45, 7) is 1.96. The minimum Gasteiger partial charge on any atom is -0.274 e. The molecule has 1 aromatic carbocycles. The van der Waals surface area contributed by atoms with Gasteiger partial charge >= 0.3 is 0 Å². The Kier molecular flexibility index (Phi) is 2.17. The molecule has 0 spiro atoms. The van der Waals surface area contributed by atoms with Crippen molar-refractivity contribution in [3.05, 3.63) is 29.8 Å². The van der Waals surface area contributed by atoms with Crippen LogP contribution in [0.15, 0.2) is 24.3 Å². The number of aryl methyl sites for hydroxylation is 1. The monoisotopic (exact) mass is 255 g/mol. The highest BCUT2D eigenvalue weighted by Gasteiger charge is 2.61. The number of carbonyl (C=O) groups excluding carboxylic acids is 2. The van der Waals surface area contributed by atoms with Crippen molar-refractivity contribution in [1.29, 1.82) is 0 Å². The van der Waals surface area contributed by atoms with Crippen LogP contribution >= 0.6 is 0 Å². The highest BCUT2D eigenvalue weighted by molar-refractivity contribution is 6.22. The van der Waals surface area contributed by atoms with E-state index in [1.807, 2.05) is 31.2 Å². The Balaban J connectivity index is 1.78. The third-order valence-electron chi connectivity index (χ3n) is 5.28. The molecule has 19 heavy (non-hydrogen) atoms. The van der Waals surface area contributed by atoms with Gasteiger partial charge in [-0.15, -0.1) is 0 Å². The number of imide groups is 1. The lowest BCUT2D eigenvalue weighted by molar-refractivity contribution is -0.123. The van der Waals surface area contributed by atoms with E-state index in [4.69, 9.17) is 0 Å². The summed E-state index contributed by atoms with van der Waals surface area (Å²) in [6, 6.07) is 7.67. The summed E-state index contributed by atoms with van der Waals surface area (Å²) in [5.74, 6) is 0.977. The maximum absolute atomic E-state index is 12.6. The molecule has 1 aromatic rings. The van der Waals surface area contributed by atoms with E-state index in [0.29, 0.717) is 11.8 Å². The largest absolute Gasteiger partial charge is 0.274 e. The summed E-state index contributed by atoms with van der Waals surface area (Å²) in [5.41, 5.74) is 1.78. The SMILES string of the molecule is Cc1ccccc1N1C(=O)C2C3CCC(C3)C2C1=O. The number of para-hydroxylation sites is 1. The number of hydrogen-bond donors (Lipinski definition) is 0. The molecular formula is C16H17NO2.